The number of hydrogen-bond acceptors (Lipinski definition) is 0. The maximum Gasteiger partial charge on any atom is 4.00 e. The Morgan fingerprint density at radius 3 is 1.58 bits per heavy atom. The van der Waals surface area contributed by atoms with Crippen molar-refractivity contribution in [3.63, 3.8) is 0 Å². The molecule has 184 valence electrons. The Kier molecular flexibility index (Phi) is 33.4. The van der Waals surface area contributed by atoms with Gasteiger partial charge in [-0.05, 0) is 57.3 Å². The monoisotopic (exact) mass is 602 g/mol. The quantitative estimate of drug-likeness (QED) is 0.165. The van der Waals surface area contributed by atoms with Crippen LogP contribution in [0.2, 0.25) is 0 Å². The zero-order valence-corrected chi connectivity index (χ0v) is 26.7. The molecule has 0 saturated carbocycles. The SMILES string of the molecule is CC(C)(C)[NH-].CC(C)(C)[NH-].CCCCC1=CCCC1.CCCCC1CC=CC1.[CH3-].[CH3-].[Hf+4]. The average Bonchev–Trinajstić information content (AvgIpc) is 3.22. The Morgan fingerprint density at radius 1 is 0.839 bits per heavy atom. The summed E-state index contributed by atoms with van der Waals surface area (Å²) in [6.07, 6.45) is 22.3. The third kappa shape index (κ3) is 48.8. The number of allylic oxidation sites excluding steroid dienone is 4. The van der Waals surface area contributed by atoms with Crippen LogP contribution in [0.4, 0.5) is 0 Å². The van der Waals surface area contributed by atoms with Gasteiger partial charge in [0.25, 0.3) is 0 Å². The summed E-state index contributed by atoms with van der Waals surface area (Å²) in [4.78, 5) is 0. The molecule has 2 rings (SSSR count). The van der Waals surface area contributed by atoms with Crippen molar-refractivity contribution >= 4 is 0 Å². The largest absolute Gasteiger partial charge is 4.00 e. The van der Waals surface area contributed by atoms with E-state index in [-0.39, 0.29) is 51.8 Å². The predicted molar refractivity (Wildman–Crippen MR) is 144 cm³/mol. The topological polar surface area (TPSA) is 47.6 Å². The van der Waals surface area contributed by atoms with Crippen LogP contribution in [0.3, 0.4) is 0 Å². The van der Waals surface area contributed by atoms with Crippen molar-refractivity contribution < 1.29 is 25.8 Å². The Balaban J connectivity index is -0.0000000976. The van der Waals surface area contributed by atoms with Crippen LogP contribution in [-0.4, -0.2) is 11.1 Å². The van der Waals surface area contributed by atoms with E-state index in [9.17, 15) is 0 Å². The van der Waals surface area contributed by atoms with Gasteiger partial charge in [0.05, 0.1) is 0 Å². The van der Waals surface area contributed by atoms with Gasteiger partial charge in [0.15, 0.2) is 0 Å². The molecule has 0 aromatic heterocycles. The molecule has 2 nitrogen and oxygen atoms in total. The fourth-order valence-corrected chi connectivity index (χ4v) is 2.77. The van der Waals surface area contributed by atoms with Crippen LogP contribution >= 0.6 is 0 Å². The Morgan fingerprint density at radius 2 is 1.26 bits per heavy atom. The van der Waals surface area contributed by atoms with Gasteiger partial charge in [-0.25, -0.2) is 0 Å². The summed E-state index contributed by atoms with van der Waals surface area (Å²) in [7, 11) is 0. The smallest absolute Gasteiger partial charge is 0.673 e. The number of nitrogens with one attached hydrogen (secondary N) is 2. The van der Waals surface area contributed by atoms with Crippen molar-refractivity contribution in [2.75, 3.05) is 0 Å². The van der Waals surface area contributed by atoms with E-state index in [4.69, 9.17) is 11.5 Å². The van der Waals surface area contributed by atoms with Crippen LogP contribution in [0.25, 0.3) is 11.5 Å². The van der Waals surface area contributed by atoms with Crippen molar-refractivity contribution in [1.29, 1.82) is 0 Å². The summed E-state index contributed by atoms with van der Waals surface area (Å²) >= 11 is 0. The van der Waals surface area contributed by atoms with Gasteiger partial charge in [-0.15, -0.1) is 11.1 Å². The summed E-state index contributed by atoms with van der Waals surface area (Å²) in [5.74, 6) is 1.00. The van der Waals surface area contributed by atoms with Crippen LogP contribution in [0.5, 0.6) is 0 Å². The molecule has 0 unspecified atom stereocenters. The van der Waals surface area contributed by atoms with Crippen LogP contribution in [0.15, 0.2) is 23.8 Å². The summed E-state index contributed by atoms with van der Waals surface area (Å²) in [6.45, 7) is 15.7. The van der Waals surface area contributed by atoms with Gasteiger partial charge in [-0.3, -0.25) is 0 Å². The van der Waals surface area contributed by atoms with E-state index in [0.717, 1.165) is 5.92 Å². The molecule has 0 atom stereocenters. The number of unbranched alkanes of at least 4 members (excludes halogenated alkanes) is 2. The molecule has 0 saturated heterocycles. The molecule has 0 fully saturated rings. The van der Waals surface area contributed by atoms with Crippen LogP contribution in [0, 0.1) is 20.8 Å². The van der Waals surface area contributed by atoms with E-state index in [1.165, 1.54) is 70.6 Å². The first-order chi connectivity index (χ1) is 12.9. The normalized spacial score (nSPS) is 14.7. The summed E-state index contributed by atoms with van der Waals surface area (Å²) in [5.41, 5.74) is 15.1. The van der Waals surface area contributed by atoms with Crippen molar-refractivity contribution in [3.8, 4) is 0 Å². The molecule has 0 heterocycles. The van der Waals surface area contributed by atoms with Gasteiger partial charge < -0.3 is 26.3 Å². The molecule has 2 N–H and O–H groups in total. The molecule has 0 amide bonds. The standard InChI is InChI=1S/2C9H16.2C4H10N.2CH3.Hf/c2*1-2-3-6-9-7-4-5-8-9;2*1-4(2,3)5;;;/h7H,2-6,8H2,1H3;4-5,9H,2-3,6-8H2,1H3;2*5H,1-3H3;2*1H3;/q;;4*-1;+4. The zero-order chi connectivity index (χ0) is 22.1. The van der Waals surface area contributed by atoms with E-state index < -0.39 is 0 Å². The molecule has 0 aliphatic heterocycles. The minimum atomic E-state index is -0.250. The molecule has 2 aliphatic carbocycles. The van der Waals surface area contributed by atoms with Gasteiger partial charge in [0.1, 0.15) is 0 Å². The van der Waals surface area contributed by atoms with Crippen molar-refractivity contribution in [2.24, 2.45) is 5.92 Å². The Labute approximate surface area is 218 Å². The van der Waals surface area contributed by atoms with E-state index in [1.807, 2.05) is 41.5 Å². The van der Waals surface area contributed by atoms with Crippen molar-refractivity contribution in [1.82, 2.24) is 0 Å². The van der Waals surface area contributed by atoms with E-state index in [0.29, 0.717) is 0 Å². The van der Waals surface area contributed by atoms with Gasteiger partial charge in [-0.2, -0.15) is 0 Å². The second-order valence-electron chi connectivity index (χ2n) is 10.3. The molecule has 0 aromatic rings. The summed E-state index contributed by atoms with van der Waals surface area (Å²) < 4.78 is 0. The van der Waals surface area contributed by atoms with Gasteiger partial charge in [0, 0.05) is 0 Å². The molecule has 0 aromatic carbocycles. The minimum absolute atomic E-state index is 0. The first kappa shape index (κ1) is 41.5. The molecular formula is C28H58HfN2. The fraction of sp³-hybridized carbons (Fsp3) is 0.786. The molecule has 31 heavy (non-hydrogen) atoms. The molecule has 2 aliphatic rings. The maximum absolute atomic E-state index is 6.94. The third-order valence-electron chi connectivity index (χ3n) is 4.06. The van der Waals surface area contributed by atoms with Crippen molar-refractivity contribution in [2.45, 2.75) is 137 Å². The van der Waals surface area contributed by atoms with E-state index >= 15 is 0 Å². The van der Waals surface area contributed by atoms with Gasteiger partial charge >= 0.3 is 25.8 Å². The molecule has 3 heteroatoms. The molecule has 0 spiro atoms. The average molecular weight is 601 g/mol. The van der Waals surface area contributed by atoms with E-state index in [1.54, 1.807) is 5.57 Å². The maximum atomic E-state index is 6.94. The predicted octanol–water partition coefficient (Wildman–Crippen LogP) is 11.0. The summed E-state index contributed by atoms with van der Waals surface area (Å²) in [5, 5.41) is 0. The number of hydrogen-bond donors (Lipinski definition) is 0. The van der Waals surface area contributed by atoms with E-state index in [2.05, 4.69) is 32.1 Å². The second-order valence-corrected chi connectivity index (χ2v) is 10.3. The first-order valence-electron chi connectivity index (χ1n) is 11.7. The molecule has 0 radical (unpaired) electrons. The van der Waals surface area contributed by atoms with Crippen LogP contribution < -0.4 is 0 Å². The summed E-state index contributed by atoms with van der Waals surface area (Å²) in [6, 6.07) is 0. The minimum Gasteiger partial charge on any atom is -0.673 e. The van der Waals surface area contributed by atoms with Crippen LogP contribution in [0.1, 0.15) is 126 Å². The number of rotatable bonds is 6. The fourth-order valence-electron chi connectivity index (χ4n) is 2.77. The van der Waals surface area contributed by atoms with Crippen molar-refractivity contribution in [3.05, 3.63) is 50.1 Å². The molecule has 0 bridgehead atoms. The second kappa shape index (κ2) is 24.9. The molecular weight excluding hydrogens is 543 g/mol. The zero-order valence-electron chi connectivity index (χ0n) is 23.1. The third-order valence-corrected chi connectivity index (χ3v) is 4.06. The Hall–Kier alpha value is 0.270. The van der Waals surface area contributed by atoms with Crippen LogP contribution in [-0.2, 0) is 25.8 Å². The Bertz CT molecular complexity index is 368. The first-order valence-corrected chi connectivity index (χ1v) is 11.7. The van der Waals surface area contributed by atoms with Gasteiger partial charge in [0.2, 0.25) is 0 Å². The van der Waals surface area contributed by atoms with Gasteiger partial charge in [-0.1, -0.05) is 98.5 Å².